The lowest BCUT2D eigenvalue weighted by atomic mass is 9.91. The lowest BCUT2D eigenvalue weighted by Gasteiger charge is -2.37. The average Bonchev–Trinajstić information content (AvgIpc) is 2.90. The van der Waals surface area contributed by atoms with Crippen LogP contribution in [0.3, 0.4) is 0 Å². The fourth-order valence-corrected chi connectivity index (χ4v) is 3.43. The summed E-state index contributed by atoms with van der Waals surface area (Å²) in [5, 5.41) is 3.64. The third kappa shape index (κ3) is 5.64. The summed E-state index contributed by atoms with van der Waals surface area (Å²) in [6, 6.07) is 0.376. The molecule has 2 aliphatic rings. The Morgan fingerprint density at radius 2 is 2.17 bits per heavy atom. The van der Waals surface area contributed by atoms with Crippen molar-refractivity contribution < 1.29 is 14.3 Å². The van der Waals surface area contributed by atoms with Gasteiger partial charge in [-0.3, -0.25) is 0 Å². The van der Waals surface area contributed by atoms with Crippen LogP contribution in [0, 0.1) is 5.92 Å². The van der Waals surface area contributed by atoms with Gasteiger partial charge in [0.25, 0.3) is 0 Å². The van der Waals surface area contributed by atoms with Gasteiger partial charge >= 0.3 is 6.09 Å². The highest BCUT2D eigenvalue weighted by Gasteiger charge is 2.33. The van der Waals surface area contributed by atoms with Gasteiger partial charge in [0.05, 0.1) is 5.60 Å². The second-order valence-electron chi connectivity index (χ2n) is 8.40. The van der Waals surface area contributed by atoms with Crippen molar-refractivity contribution in [2.45, 2.75) is 77.5 Å². The van der Waals surface area contributed by atoms with E-state index in [-0.39, 0.29) is 11.7 Å². The molecule has 0 radical (unpaired) electrons. The number of ether oxygens (including phenoxy) is 2. The van der Waals surface area contributed by atoms with Crippen LogP contribution in [0.2, 0.25) is 0 Å². The molecule has 0 aromatic carbocycles. The van der Waals surface area contributed by atoms with Crippen molar-refractivity contribution >= 4 is 6.09 Å². The molecule has 0 aromatic heterocycles. The maximum Gasteiger partial charge on any atom is 0.410 e. The monoisotopic (exact) mass is 326 g/mol. The summed E-state index contributed by atoms with van der Waals surface area (Å²) < 4.78 is 11.4. The van der Waals surface area contributed by atoms with E-state index in [2.05, 4.69) is 19.2 Å². The minimum Gasteiger partial charge on any atom is -0.444 e. The average molecular weight is 326 g/mol. The molecule has 3 atom stereocenters. The topological polar surface area (TPSA) is 50.8 Å². The van der Waals surface area contributed by atoms with E-state index in [1.807, 2.05) is 25.7 Å². The highest BCUT2D eigenvalue weighted by Crippen LogP contribution is 2.26. The zero-order valence-corrected chi connectivity index (χ0v) is 15.5. The Balaban J connectivity index is 1.81. The number of carbonyl (C=O) groups excluding carboxylic acids is 1. The highest BCUT2D eigenvalue weighted by atomic mass is 16.6. The number of hydrogen-bond donors (Lipinski definition) is 1. The first-order valence-corrected chi connectivity index (χ1v) is 9.04. The van der Waals surface area contributed by atoms with Crippen LogP contribution in [0.25, 0.3) is 0 Å². The SMILES string of the molecule is CC(NCC1(C)CCCO1)C1CCCN(C(=O)OC(C)(C)C)C1. The summed E-state index contributed by atoms with van der Waals surface area (Å²) in [6.45, 7) is 13.5. The maximum absolute atomic E-state index is 12.3. The molecule has 134 valence electrons. The number of piperidine rings is 1. The van der Waals surface area contributed by atoms with Crippen molar-refractivity contribution in [3.8, 4) is 0 Å². The van der Waals surface area contributed by atoms with Gasteiger partial charge in [-0.25, -0.2) is 4.79 Å². The molecule has 0 saturated carbocycles. The van der Waals surface area contributed by atoms with Gasteiger partial charge in [0.1, 0.15) is 5.60 Å². The number of nitrogens with one attached hydrogen (secondary N) is 1. The van der Waals surface area contributed by atoms with Gasteiger partial charge < -0.3 is 19.7 Å². The van der Waals surface area contributed by atoms with Gasteiger partial charge in [0.2, 0.25) is 0 Å². The number of amides is 1. The minimum absolute atomic E-state index is 0.0201. The fraction of sp³-hybridized carbons (Fsp3) is 0.944. The maximum atomic E-state index is 12.3. The molecule has 1 N–H and O–H groups in total. The molecule has 2 heterocycles. The van der Waals surface area contributed by atoms with Gasteiger partial charge in [-0.1, -0.05) is 0 Å². The van der Waals surface area contributed by atoms with Gasteiger partial charge in [0, 0.05) is 32.3 Å². The zero-order chi connectivity index (χ0) is 17.1. The third-order valence-corrected chi connectivity index (χ3v) is 4.92. The molecule has 0 aliphatic carbocycles. The quantitative estimate of drug-likeness (QED) is 0.862. The van der Waals surface area contributed by atoms with Crippen molar-refractivity contribution in [1.82, 2.24) is 10.2 Å². The summed E-state index contributed by atoms with van der Waals surface area (Å²) in [5.41, 5.74) is -0.448. The molecule has 2 aliphatic heterocycles. The number of nitrogens with zero attached hydrogens (tertiary/aromatic N) is 1. The van der Waals surface area contributed by atoms with Crippen molar-refractivity contribution in [3.63, 3.8) is 0 Å². The van der Waals surface area contributed by atoms with Crippen LogP contribution in [0.15, 0.2) is 0 Å². The molecule has 2 saturated heterocycles. The molecular formula is C18H34N2O3. The van der Waals surface area contributed by atoms with E-state index in [1.165, 1.54) is 0 Å². The summed E-state index contributed by atoms with van der Waals surface area (Å²) in [7, 11) is 0. The molecule has 0 spiro atoms. The number of likely N-dealkylation sites (tertiary alicyclic amines) is 1. The molecule has 1 amide bonds. The van der Waals surface area contributed by atoms with Crippen LogP contribution >= 0.6 is 0 Å². The Morgan fingerprint density at radius 3 is 2.78 bits per heavy atom. The Hall–Kier alpha value is -0.810. The third-order valence-electron chi connectivity index (χ3n) is 4.92. The van der Waals surface area contributed by atoms with Crippen molar-refractivity contribution in [2.24, 2.45) is 5.92 Å². The number of rotatable bonds is 4. The lowest BCUT2D eigenvalue weighted by molar-refractivity contribution is 0.00812. The second kappa shape index (κ2) is 7.39. The molecule has 2 fully saturated rings. The minimum atomic E-state index is -0.428. The zero-order valence-electron chi connectivity index (χ0n) is 15.5. The van der Waals surface area contributed by atoms with Gasteiger partial charge in [-0.05, 0) is 66.2 Å². The molecular weight excluding hydrogens is 292 g/mol. The van der Waals surface area contributed by atoms with Crippen molar-refractivity contribution in [3.05, 3.63) is 0 Å². The second-order valence-corrected chi connectivity index (χ2v) is 8.40. The van der Waals surface area contributed by atoms with Crippen LogP contribution in [0.1, 0.15) is 60.3 Å². The van der Waals surface area contributed by atoms with Gasteiger partial charge in [-0.2, -0.15) is 0 Å². The summed E-state index contributed by atoms with van der Waals surface area (Å²) in [5.74, 6) is 0.473. The Morgan fingerprint density at radius 1 is 1.43 bits per heavy atom. The van der Waals surface area contributed by atoms with Crippen LogP contribution in [0.5, 0.6) is 0 Å². The standard InChI is InChI=1S/C18H34N2O3/c1-14(19-13-18(5)9-7-11-22-18)15-8-6-10-20(12-15)16(21)23-17(2,3)4/h14-15,19H,6-13H2,1-5H3. The Kier molecular flexibility index (Phi) is 5.95. The van der Waals surface area contributed by atoms with E-state index < -0.39 is 5.60 Å². The Labute approximate surface area is 141 Å². The molecule has 0 bridgehead atoms. The van der Waals surface area contributed by atoms with E-state index in [0.29, 0.717) is 12.0 Å². The first kappa shape index (κ1) is 18.5. The summed E-state index contributed by atoms with van der Waals surface area (Å²) in [6.07, 6.45) is 4.30. The van der Waals surface area contributed by atoms with Gasteiger partial charge in [-0.15, -0.1) is 0 Å². The Bertz CT molecular complexity index is 400. The van der Waals surface area contributed by atoms with Gasteiger partial charge in [0.15, 0.2) is 0 Å². The number of carbonyl (C=O) groups is 1. The molecule has 3 unspecified atom stereocenters. The molecule has 5 heteroatoms. The van der Waals surface area contributed by atoms with Crippen LogP contribution in [-0.2, 0) is 9.47 Å². The summed E-state index contributed by atoms with van der Waals surface area (Å²) in [4.78, 5) is 14.1. The molecule has 23 heavy (non-hydrogen) atoms. The first-order chi connectivity index (χ1) is 10.7. The largest absolute Gasteiger partial charge is 0.444 e. The number of hydrogen-bond acceptors (Lipinski definition) is 4. The lowest BCUT2D eigenvalue weighted by Crippen LogP contribution is -2.50. The van der Waals surface area contributed by atoms with E-state index >= 15 is 0 Å². The van der Waals surface area contributed by atoms with E-state index in [4.69, 9.17) is 9.47 Å². The van der Waals surface area contributed by atoms with E-state index in [1.54, 1.807) is 0 Å². The van der Waals surface area contributed by atoms with Crippen molar-refractivity contribution in [1.29, 1.82) is 0 Å². The van der Waals surface area contributed by atoms with Crippen LogP contribution < -0.4 is 5.32 Å². The van der Waals surface area contributed by atoms with Crippen LogP contribution in [-0.4, -0.2) is 54.5 Å². The van der Waals surface area contributed by atoms with E-state index in [9.17, 15) is 4.79 Å². The fourth-order valence-electron chi connectivity index (χ4n) is 3.43. The smallest absolute Gasteiger partial charge is 0.410 e. The predicted octanol–water partition coefficient (Wildman–Crippen LogP) is 3.18. The predicted molar refractivity (Wildman–Crippen MR) is 91.6 cm³/mol. The summed E-state index contributed by atoms with van der Waals surface area (Å²) >= 11 is 0. The van der Waals surface area contributed by atoms with Crippen molar-refractivity contribution in [2.75, 3.05) is 26.2 Å². The van der Waals surface area contributed by atoms with E-state index in [0.717, 1.165) is 51.9 Å². The molecule has 5 nitrogen and oxygen atoms in total. The first-order valence-electron chi connectivity index (χ1n) is 9.04. The highest BCUT2D eigenvalue weighted by molar-refractivity contribution is 5.68. The normalized spacial score (nSPS) is 30.3. The van der Waals surface area contributed by atoms with Crippen LogP contribution in [0.4, 0.5) is 4.79 Å². The molecule has 0 aromatic rings. The molecule has 2 rings (SSSR count).